The van der Waals surface area contributed by atoms with Gasteiger partial charge in [0.1, 0.15) is 0 Å². The van der Waals surface area contributed by atoms with Crippen LogP contribution in [0.25, 0.3) is 0 Å². The van der Waals surface area contributed by atoms with Gasteiger partial charge in [-0.15, -0.1) is 0 Å². The Morgan fingerprint density at radius 2 is 0.957 bits per heavy atom. The second-order valence-electron chi connectivity index (χ2n) is 5.57. The fourth-order valence-electron chi connectivity index (χ4n) is 2.60. The summed E-state index contributed by atoms with van der Waals surface area (Å²) in [4.78, 5) is 45.4. The average molecular weight is 331 g/mol. The predicted molar refractivity (Wildman–Crippen MR) is 74.8 cm³/mol. The second kappa shape index (κ2) is 6.95. The molecular formula is C14H21NO8. The molecule has 130 valence electrons. The Morgan fingerprint density at radius 3 is 1.17 bits per heavy atom. The van der Waals surface area contributed by atoms with E-state index in [2.05, 4.69) is 0 Å². The van der Waals surface area contributed by atoms with Crippen LogP contribution in [-0.4, -0.2) is 53.8 Å². The Balaban J connectivity index is 3.30. The molecule has 1 saturated carbocycles. The molecule has 0 amide bonds. The number of rotatable bonds is 4. The first kappa shape index (κ1) is 18.9. The number of esters is 4. The van der Waals surface area contributed by atoms with Crippen LogP contribution in [0, 0.1) is 0 Å². The summed E-state index contributed by atoms with van der Waals surface area (Å²) < 4.78 is 20.5. The summed E-state index contributed by atoms with van der Waals surface area (Å²) in [6, 6.07) is 0. The molecule has 23 heavy (non-hydrogen) atoms. The molecule has 1 aliphatic carbocycles. The van der Waals surface area contributed by atoms with Gasteiger partial charge in [0.2, 0.25) is 0 Å². The number of hydrogen-bond acceptors (Lipinski definition) is 9. The van der Waals surface area contributed by atoms with Gasteiger partial charge >= 0.3 is 23.9 Å². The molecule has 0 aromatic rings. The summed E-state index contributed by atoms with van der Waals surface area (Å²) in [5.41, 5.74) is 4.73. The van der Waals surface area contributed by atoms with Crippen molar-refractivity contribution in [3.63, 3.8) is 0 Å². The molecule has 0 aromatic carbocycles. The third kappa shape index (κ3) is 4.41. The molecule has 1 fully saturated rings. The number of hydrogen-bond donors (Lipinski definition) is 1. The molecule has 0 heterocycles. The highest BCUT2D eigenvalue weighted by atomic mass is 16.6. The van der Waals surface area contributed by atoms with Crippen molar-refractivity contribution >= 4 is 23.9 Å². The Labute approximate surface area is 133 Å². The maximum absolute atomic E-state index is 11.4. The number of carbonyl (C=O) groups is 4. The lowest BCUT2D eigenvalue weighted by Gasteiger charge is -2.31. The molecule has 5 atom stereocenters. The highest BCUT2D eigenvalue weighted by molar-refractivity contribution is 5.70. The molecule has 0 spiro atoms. The molecular weight excluding hydrogens is 310 g/mol. The summed E-state index contributed by atoms with van der Waals surface area (Å²) in [6.45, 7) is 6.04. The van der Waals surface area contributed by atoms with Crippen LogP contribution >= 0.6 is 0 Å². The average Bonchev–Trinajstić information content (AvgIpc) is 2.51. The number of ether oxygens (including phenoxy) is 4. The lowest BCUT2D eigenvalue weighted by molar-refractivity contribution is -0.180. The summed E-state index contributed by atoms with van der Waals surface area (Å²) in [5.74, 6) is -2.73. The molecule has 1 aliphatic rings. The molecule has 1 unspecified atom stereocenters. The first-order valence-corrected chi connectivity index (χ1v) is 6.94. The lowest BCUT2D eigenvalue weighted by Crippen LogP contribution is -2.56. The minimum Gasteiger partial charge on any atom is -0.456 e. The van der Waals surface area contributed by atoms with E-state index in [4.69, 9.17) is 24.7 Å². The monoisotopic (exact) mass is 331 g/mol. The van der Waals surface area contributed by atoms with Gasteiger partial charge in [-0.05, 0) is 6.92 Å². The van der Waals surface area contributed by atoms with Crippen LogP contribution in [0.5, 0.6) is 0 Å². The first-order chi connectivity index (χ1) is 10.5. The van der Waals surface area contributed by atoms with Crippen LogP contribution < -0.4 is 5.73 Å². The van der Waals surface area contributed by atoms with Gasteiger partial charge in [-0.3, -0.25) is 19.2 Å². The Morgan fingerprint density at radius 1 is 0.696 bits per heavy atom. The molecule has 0 radical (unpaired) electrons. The normalized spacial score (nSPS) is 32.8. The van der Waals surface area contributed by atoms with Gasteiger partial charge in [0.25, 0.3) is 0 Å². The van der Waals surface area contributed by atoms with Gasteiger partial charge in [-0.2, -0.15) is 0 Å². The minimum absolute atomic E-state index is 0.672. The first-order valence-electron chi connectivity index (χ1n) is 6.94. The zero-order valence-electron chi connectivity index (χ0n) is 13.7. The number of nitrogens with two attached hydrogens (primary N) is 1. The van der Waals surface area contributed by atoms with Gasteiger partial charge in [-0.25, -0.2) is 0 Å². The molecule has 0 bridgehead atoms. The van der Waals surface area contributed by atoms with Crippen molar-refractivity contribution in [1.82, 2.24) is 0 Å². The van der Waals surface area contributed by atoms with Crippen molar-refractivity contribution in [2.45, 2.75) is 64.6 Å². The van der Waals surface area contributed by atoms with E-state index < -0.39 is 53.8 Å². The van der Waals surface area contributed by atoms with Gasteiger partial charge < -0.3 is 24.7 Å². The van der Waals surface area contributed by atoms with Crippen molar-refractivity contribution < 1.29 is 38.1 Å². The fourth-order valence-corrected chi connectivity index (χ4v) is 2.60. The molecule has 1 rings (SSSR count). The van der Waals surface area contributed by atoms with E-state index in [0.29, 0.717) is 0 Å². The van der Waals surface area contributed by atoms with Crippen LogP contribution in [0.4, 0.5) is 0 Å². The smallest absolute Gasteiger partial charge is 0.303 e. The fraction of sp³-hybridized carbons (Fsp3) is 0.714. The van der Waals surface area contributed by atoms with Gasteiger partial charge in [0.15, 0.2) is 24.4 Å². The molecule has 2 N–H and O–H groups in total. The summed E-state index contributed by atoms with van der Waals surface area (Å²) in [6.07, 6.45) is -4.70. The summed E-state index contributed by atoms with van der Waals surface area (Å²) in [5, 5.41) is 0. The van der Waals surface area contributed by atoms with Crippen molar-refractivity contribution in [2.24, 2.45) is 5.73 Å². The molecule has 0 aliphatic heterocycles. The third-order valence-electron chi connectivity index (χ3n) is 3.34. The predicted octanol–water partition coefficient (Wildman–Crippen LogP) is -0.556. The van der Waals surface area contributed by atoms with Crippen LogP contribution in [0.1, 0.15) is 34.6 Å². The molecule has 0 saturated heterocycles. The van der Waals surface area contributed by atoms with Crippen molar-refractivity contribution in [2.75, 3.05) is 0 Å². The van der Waals surface area contributed by atoms with Crippen LogP contribution in [-0.2, 0) is 38.1 Å². The maximum atomic E-state index is 11.4. The van der Waals surface area contributed by atoms with Gasteiger partial charge in [-0.1, -0.05) is 0 Å². The number of carbonyl (C=O) groups excluding carboxylic acids is 4. The Hall–Kier alpha value is -2.16. The van der Waals surface area contributed by atoms with E-state index >= 15 is 0 Å². The van der Waals surface area contributed by atoms with E-state index in [1.54, 1.807) is 0 Å². The molecule has 9 heteroatoms. The van der Waals surface area contributed by atoms with E-state index in [-0.39, 0.29) is 0 Å². The van der Waals surface area contributed by atoms with Crippen LogP contribution in [0.15, 0.2) is 0 Å². The molecule has 0 aromatic heterocycles. The Kier molecular flexibility index (Phi) is 5.70. The van der Waals surface area contributed by atoms with Crippen LogP contribution in [0.3, 0.4) is 0 Å². The maximum Gasteiger partial charge on any atom is 0.303 e. The SMILES string of the molecule is CC(=O)O[C@@H]1[C@H](OC(C)=O)[C@@H](OC(C)=O)C(C)(N)[C@@H]1OC(C)=O. The van der Waals surface area contributed by atoms with E-state index in [1.807, 2.05) is 0 Å². The van der Waals surface area contributed by atoms with E-state index in [1.165, 1.54) is 6.92 Å². The lowest BCUT2D eigenvalue weighted by atomic mass is 9.96. The van der Waals surface area contributed by atoms with Crippen molar-refractivity contribution in [3.8, 4) is 0 Å². The Bertz CT molecular complexity index is 471. The van der Waals surface area contributed by atoms with E-state index in [9.17, 15) is 19.2 Å². The highest BCUT2D eigenvalue weighted by Gasteiger charge is 2.63. The minimum atomic E-state index is -1.43. The third-order valence-corrected chi connectivity index (χ3v) is 3.34. The summed E-state index contributed by atoms with van der Waals surface area (Å²) >= 11 is 0. The van der Waals surface area contributed by atoms with Crippen molar-refractivity contribution in [1.29, 1.82) is 0 Å². The van der Waals surface area contributed by atoms with Gasteiger partial charge in [0.05, 0.1) is 5.54 Å². The molecule has 9 nitrogen and oxygen atoms in total. The van der Waals surface area contributed by atoms with Crippen molar-refractivity contribution in [3.05, 3.63) is 0 Å². The highest BCUT2D eigenvalue weighted by Crippen LogP contribution is 2.37. The topological polar surface area (TPSA) is 131 Å². The van der Waals surface area contributed by atoms with E-state index in [0.717, 1.165) is 27.7 Å². The zero-order chi connectivity index (χ0) is 17.9. The van der Waals surface area contributed by atoms with Gasteiger partial charge in [0, 0.05) is 27.7 Å². The standard InChI is InChI=1S/C14H21NO8/c1-6(16)20-10-11(21-7(2)17)13(23-9(4)19)14(5,15)12(10)22-8(3)18/h10-13H,15H2,1-5H3/t10-,11+,12-,13-,14?/m1/s1. The largest absolute Gasteiger partial charge is 0.456 e. The summed E-state index contributed by atoms with van der Waals surface area (Å²) in [7, 11) is 0. The zero-order valence-corrected chi connectivity index (χ0v) is 13.7. The quantitative estimate of drug-likeness (QED) is 0.532. The second-order valence-corrected chi connectivity index (χ2v) is 5.57. The van der Waals surface area contributed by atoms with Crippen LogP contribution in [0.2, 0.25) is 0 Å².